The Morgan fingerprint density at radius 2 is 2.00 bits per heavy atom. The molecule has 1 rings (SSSR count). The second-order valence-electron chi connectivity index (χ2n) is 5.19. The van der Waals surface area contributed by atoms with Crippen LogP contribution in [0.2, 0.25) is 0 Å². The van der Waals surface area contributed by atoms with Crippen LogP contribution in [0.1, 0.15) is 46.5 Å². The number of rotatable bonds is 4. The maximum atomic E-state index is 12.2. The highest BCUT2D eigenvalue weighted by Gasteiger charge is 2.30. The summed E-state index contributed by atoms with van der Waals surface area (Å²) in [5.74, 6) is 0.635. The van der Waals surface area contributed by atoms with E-state index in [0.29, 0.717) is 18.5 Å². The van der Waals surface area contributed by atoms with Crippen molar-refractivity contribution in [3.8, 4) is 0 Å². The molecule has 1 aliphatic carbocycles. The summed E-state index contributed by atoms with van der Waals surface area (Å²) in [4.78, 5) is 14.2. The second kappa shape index (κ2) is 6.80. The Morgan fingerprint density at radius 3 is 2.53 bits per heavy atom. The smallest absolute Gasteiger partial charge is 0.246 e. The zero-order chi connectivity index (χ0) is 12.8. The van der Waals surface area contributed by atoms with Gasteiger partial charge in [0.25, 0.3) is 0 Å². The monoisotopic (exact) mass is 238 g/mol. The fourth-order valence-corrected chi connectivity index (χ4v) is 2.76. The minimum Gasteiger partial charge on any atom is -0.336 e. The molecule has 1 saturated carbocycles. The van der Waals surface area contributed by atoms with Gasteiger partial charge in [0.2, 0.25) is 5.91 Å². The highest BCUT2D eigenvalue weighted by atomic mass is 16.2. The summed E-state index contributed by atoms with van der Waals surface area (Å²) in [5, 5.41) is 0. The van der Waals surface area contributed by atoms with E-state index in [1.165, 1.54) is 19.3 Å². The predicted octanol–water partition coefficient (Wildman–Crippen LogP) is 2.32. The number of carbonyl (C=O) groups is 1. The van der Waals surface area contributed by atoms with Crippen molar-refractivity contribution in [3.05, 3.63) is 11.6 Å². The summed E-state index contributed by atoms with van der Waals surface area (Å²) in [7, 11) is 0. The maximum Gasteiger partial charge on any atom is 0.246 e. The standard InChI is InChI=1S/C14H26N2O/c1-4-16(14(17)9-11(2)3)13-8-6-5-7-12(13)10-15/h9,12-13H,4-8,10,15H2,1-3H3. The Kier molecular flexibility index (Phi) is 5.69. The summed E-state index contributed by atoms with van der Waals surface area (Å²) in [6.45, 7) is 7.46. The molecule has 1 amide bonds. The quantitative estimate of drug-likeness (QED) is 0.764. The lowest BCUT2D eigenvalue weighted by Gasteiger charge is -2.38. The van der Waals surface area contributed by atoms with Gasteiger partial charge in [0.05, 0.1) is 0 Å². The molecule has 98 valence electrons. The largest absolute Gasteiger partial charge is 0.336 e. The Balaban J connectivity index is 2.77. The zero-order valence-corrected chi connectivity index (χ0v) is 11.4. The molecule has 0 aromatic carbocycles. The normalized spacial score (nSPS) is 24.2. The maximum absolute atomic E-state index is 12.2. The highest BCUT2D eigenvalue weighted by molar-refractivity contribution is 5.88. The molecule has 0 spiro atoms. The van der Waals surface area contributed by atoms with Gasteiger partial charge in [-0.15, -0.1) is 0 Å². The third-order valence-corrected chi connectivity index (χ3v) is 3.61. The molecule has 0 saturated heterocycles. The van der Waals surface area contributed by atoms with E-state index in [2.05, 4.69) is 6.92 Å². The third-order valence-electron chi connectivity index (χ3n) is 3.61. The number of amides is 1. The van der Waals surface area contributed by atoms with E-state index < -0.39 is 0 Å². The van der Waals surface area contributed by atoms with Gasteiger partial charge in [-0.25, -0.2) is 0 Å². The van der Waals surface area contributed by atoms with Crippen molar-refractivity contribution in [2.45, 2.75) is 52.5 Å². The van der Waals surface area contributed by atoms with Crippen LogP contribution in [0.5, 0.6) is 0 Å². The first-order valence-corrected chi connectivity index (χ1v) is 6.75. The molecule has 1 aliphatic rings. The fraction of sp³-hybridized carbons (Fsp3) is 0.786. The molecule has 1 fully saturated rings. The molecule has 3 heteroatoms. The van der Waals surface area contributed by atoms with Crippen molar-refractivity contribution in [2.24, 2.45) is 11.7 Å². The van der Waals surface area contributed by atoms with Gasteiger partial charge in [-0.05, 0) is 46.1 Å². The molecule has 2 N–H and O–H groups in total. The number of carbonyl (C=O) groups excluding carboxylic acids is 1. The van der Waals surface area contributed by atoms with E-state index in [9.17, 15) is 4.79 Å². The van der Waals surface area contributed by atoms with Crippen molar-refractivity contribution in [3.63, 3.8) is 0 Å². The number of nitrogens with zero attached hydrogens (tertiary/aromatic N) is 1. The van der Waals surface area contributed by atoms with Gasteiger partial charge in [-0.1, -0.05) is 18.4 Å². The van der Waals surface area contributed by atoms with Crippen molar-refractivity contribution in [1.29, 1.82) is 0 Å². The average Bonchev–Trinajstić information content (AvgIpc) is 2.29. The van der Waals surface area contributed by atoms with Crippen molar-refractivity contribution in [2.75, 3.05) is 13.1 Å². The molecule has 17 heavy (non-hydrogen) atoms. The molecular weight excluding hydrogens is 212 g/mol. The number of allylic oxidation sites excluding steroid dienone is 1. The number of hydrogen-bond donors (Lipinski definition) is 1. The topological polar surface area (TPSA) is 46.3 Å². The molecule has 2 unspecified atom stereocenters. The second-order valence-corrected chi connectivity index (χ2v) is 5.19. The summed E-state index contributed by atoms with van der Waals surface area (Å²) >= 11 is 0. The van der Waals surface area contributed by atoms with Gasteiger partial charge in [-0.2, -0.15) is 0 Å². The first-order valence-electron chi connectivity index (χ1n) is 6.75. The summed E-state index contributed by atoms with van der Waals surface area (Å²) in [6.07, 6.45) is 6.50. The van der Waals surface area contributed by atoms with E-state index in [-0.39, 0.29) is 5.91 Å². The van der Waals surface area contributed by atoms with Gasteiger partial charge < -0.3 is 10.6 Å². The summed E-state index contributed by atoms with van der Waals surface area (Å²) in [5.41, 5.74) is 6.90. The molecule has 0 aliphatic heterocycles. The van der Waals surface area contributed by atoms with E-state index in [1.54, 1.807) is 6.08 Å². The van der Waals surface area contributed by atoms with Gasteiger partial charge in [0.15, 0.2) is 0 Å². The minimum atomic E-state index is 0.151. The Bertz CT molecular complexity index is 282. The number of hydrogen-bond acceptors (Lipinski definition) is 2. The van der Waals surface area contributed by atoms with Gasteiger partial charge >= 0.3 is 0 Å². The lowest BCUT2D eigenvalue weighted by atomic mass is 9.83. The molecular formula is C14H26N2O. The van der Waals surface area contributed by atoms with Crippen molar-refractivity contribution >= 4 is 5.91 Å². The van der Waals surface area contributed by atoms with Crippen LogP contribution in [-0.2, 0) is 4.79 Å². The molecule has 2 atom stereocenters. The fourth-order valence-electron chi connectivity index (χ4n) is 2.76. The van der Waals surface area contributed by atoms with Crippen LogP contribution in [0.4, 0.5) is 0 Å². The van der Waals surface area contributed by atoms with Gasteiger partial charge in [0, 0.05) is 18.7 Å². The van der Waals surface area contributed by atoms with Crippen LogP contribution in [0.15, 0.2) is 11.6 Å². The molecule has 0 aromatic rings. The highest BCUT2D eigenvalue weighted by Crippen LogP contribution is 2.28. The van der Waals surface area contributed by atoms with Crippen LogP contribution >= 0.6 is 0 Å². The van der Waals surface area contributed by atoms with Crippen LogP contribution in [-0.4, -0.2) is 29.9 Å². The molecule has 0 heterocycles. The Hall–Kier alpha value is -0.830. The first kappa shape index (κ1) is 14.2. The average molecular weight is 238 g/mol. The zero-order valence-electron chi connectivity index (χ0n) is 11.4. The van der Waals surface area contributed by atoms with E-state index in [0.717, 1.165) is 18.5 Å². The molecule has 0 bridgehead atoms. The lowest BCUT2D eigenvalue weighted by molar-refractivity contribution is -0.129. The predicted molar refractivity (Wildman–Crippen MR) is 71.6 cm³/mol. The van der Waals surface area contributed by atoms with E-state index in [1.807, 2.05) is 18.7 Å². The molecule has 3 nitrogen and oxygen atoms in total. The van der Waals surface area contributed by atoms with E-state index in [4.69, 9.17) is 5.73 Å². The van der Waals surface area contributed by atoms with Crippen LogP contribution in [0.3, 0.4) is 0 Å². The SMILES string of the molecule is CCN(C(=O)C=C(C)C)C1CCCCC1CN. The van der Waals surface area contributed by atoms with Crippen molar-refractivity contribution < 1.29 is 4.79 Å². The van der Waals surface area contributed by atoms with Gasteiger partial charge in [0.1, 0.15) is 0 Å². The molecule has 0 radical (unpaired) electrons. The lowest BCUT2D eigenvalue weighted by Crippen LogP contribution is -2.47. The number of nitrogens with two attached hydrogens (primary N) is 1. The summed E-state index contributed by atoms with van der Waals surface area (Å²) in [6, 6.07) is 0.349. The van der Waals surface area contributed by atoms with Crippen LogP contribution in [0.25, 0.3) is 0 Å². The Morgan fingerprint density at radius 1 is 1.35 bits per heavy atom. The molecule has 0 aromatic heterocycles. The van der Waals surface area contributed by atoms with Crippen LogP contribution < -0.4 is 5.73 Å². The first-order chi connectivity index (χ1) is 8.10. The summed E-state index contributed by atoms with van der Waals surface area (Å²) < 4.78 is 0. The Labute approximate surface area is 105 Å². The third kappa shape index (κ3) is 3.84. The van der Waals surface area contributed by atoms with Gasteiger partial charge in [-0.3, -0.25) is 4.79 Å². The van der Waals surface area contributed by atoms with Crippen LogP contribution in [0, 0.1) is 5.92 Å². The number of likely N-dealkylation sites (N-methyl/N-ethyl adjacent to an activating group) is 1. The van der Waals surface area contributed by atoms with E-state index >= 15 is 0 Å². The minimum absolute atomic E-state index is 0.151. The van der Waals surface area contributed by atoms with Crippen molar-refractivity contribution in [1.82, 2.24) is 4.90 Å².